The number of amidine groups is 1. The third kappa shape index (κ3) is 6.33. The van der Waals surface area contributed by atoms with Gasteiger partial charge in [0.15, 0.2) is 5.17 Å². The number of rotatable bonds is 5. The molecule has 2 aromatic rings. The van der Waals surface area contributed by atoms with E-state index in [1.165, 1.54) is 17.2 Å². The van der Waals surface area contributed by atoms with E-state index >= 15 is 0 Å². The number of halogens is 1. The Morgan fingerprint density at radius 3 is 2.45 bits per heavy atom. The van der Waals surface area contributed by atoms with Crippen molar-refractivity contribution in [1.82, 2.24) is 5.32 Å². The van der Waals surface area contributed by atoms with Gasteiger partial charge in [-0.3, -0.25) is 4.99 Å². The fourth-order valence-corrected chi connectivity index (χ4v) is 4.22. The molecule has 0 aromatic heterocycles. The molecule has 0 bridgehead atoms. The zero-order valence-electron chi connectivity index (χ0n) is 17.7. The summed E-state index contributed by atoms with van der Waals surface area (Å²) in [5, 5.41) is 4.47. The van der Waals surface area contributed by atoms with E-state index in [0.29, 0.717) is 11.3 Å². The molecule has 0 aliphatic carbocycles. The van der Waals surface area contributed by atoms with Crippen LogP contribution < -0.4 is 5.32 Å². The predicted molar refractivity (Wildman–Crippen MR) is 126 cm³/mol. The molecule has 0 unspecified atom stereocenters. The van der Waals surface area contributed by atoms with Gasteiger partial charge in [-0.25, -0.2) is 4.39 Å². The van der Waals surface area contributed by atoms with Crippen LogP contribution in [0.4, 0.5) is 4.39 Å². The minimum absolute atomic E-state index is 0.147. The van der Waals surface area contributed by atoms with Crippen molar-refractivity contribution < 1.29 is 4.39 Å². The van der Waals surface area contributed by atoms with Gasteiger partial charge < -0.3 is 5.32 Å². The van der Waals surface area contributed by atoms with Crippen molar-refractivity contribution in [2.75, 3.05) is 6.54 Å². The van der Waals surface area contributed by atoms with Gasteiger partial charge in [-0.2, -0.15) is 0 Å². The molecule has 4 heteroatoms. The van der Waals surface area contributed by atoms with E-state index < -0.39 is 0 Å². The first-order valence-electron chi connectivity index (χ1n) is 10.2. The SMILES string of the molecule is C/C=C\C(=C/C)[C@@H]1CN=C(SCc2ccccc2F)N[C@@H]1c1ccccc1.CC. The quantitative estimate of drug-likeness (QED) is 0.541. The van der Waals surface area contributed by atoms with Crippen LogP contribution >= 0.6 is 11.8 Å². The van der Waals surface area contributed by atoms with Crippen molar-refractivity contribution in [3.8, 4) is 0 Å². The second kappa shape index (κ2) is 12.3. The van der Waals surface area contributed by atoms with Crippen LogP contribution in [0.25, 0.3) is 0 Å². The number of benzene rings is 2. The van der Waals surface area contributed by atoms with Crippen molar-refractivity contribution in [2.24, 2.45) is 10.9 Å². The molecular formula is C25H31FN2S. The van der Waals surface area contributed by atoms with Crippen molar-refractivity contribution in [3.05, 3.63) is 95.3 Å². The van der Waals surface area contributed by atoms with Gasteiger partial charge in [-0.05, 0) is 36.6 Å². The zero-order chi connectivity index (χ0) is 21.1. The minimum Gasteiger partial charge on any atom is -0.357 e. The molecule has 3 rings (SSSR count). The van der Waals surface area contributed by atoms with Gasteiger partial charge >= 0.3 is 0 Å². The normalized spacial score (nSPS) is 19.2. The van der Waals surface area contributed by atoms with E-state index in [2.05, 4.69) is 54.7 Å². The maximum absolute atomic E-state index is 13.9. The third-order valence-electron chi connectivity index (χ3n) is 4.71. The fraction of sp³-hybridized carbons (Fsp3) is 0.320. The minimum atomic E-state index is -0.164. The number of thioether (sulfide) groups is 1. The van der Waals surface area contributed by atoms with Gasteiger partial charge in [0.2, 0.25) is 0 Å². The lowest BCUT2D eigenvalue weighted by Crippen LogP contribution is -2.38. The molecule has 0 amide bonds. The van der Waals surface area contributed by atoms with E-state index in [1.807, 2.05) is 39.0 Å². The highest BCUT2D eigenvalue weighted by Crippen LogP contribution is 2.33. The van der Waals surface area contributed by atoms with Crippen LogP contribution in [0.15, 0.2) is 83.4 Å². The molecule has 1 aliphatic heterocycles. The second-order valence-corrected chi connectivity index (χ2v) is 7.42. The lowest BCUT2D eigenvalue weighted by Gasteiger charge is -2.33. The molecule has 0 saturated heterocycles. The Labute approximate surface area is 179 Å². The standard InChI is InChI=1S/C23H25FN2S.C2H6/c1-3-10-17(4-2)20-15-25-23(26-22(20)18-11-6-5-7-12-18)27-16-19-13-8-9-14-21(19)24;1-2/h3-14,20,22H,15-16H2,1-2H3,(H,25,26);1-2H3/b10-3-,17-4+;/t20-,22+;/m0./s1. The first-order chi connectivity index (χ1) is 14.2. The highest BCUT2D eigenvalue weighted by Gasteiger charge is 2.29. The monoisotopic (exact) mass is 410 g/mol. The van der Waals surface area contributed by atoms with Crippen LogP contribution in [0.5, 0.6) is 0 Å². The molecule has 0 fully saturated rings. The third-order valence-corrected chi connectivity index (χ3v) is 5.69. The molecule has 154 valence electrons. The van der Waals surface area contributed by atoms with Crippen LogP contribution in [-0.4, -0.2) is 11.7 Å². The van der Waals surface area contributed by atoms with Gasteiger partial charge in [0.25, 0.3) is 0 Å². The molecule has 0 spiro atoms. The van der Waals surface area contributed by atoms with E-state index in [-0.39, 0.29) is 17.8 Å². The Balaban J connectivity index is 0.00000145. The zero-order valence-corrected chi connectivity index (χ0v) is 18.5. The molecule has 1 aliphatic rings. The summed E-state index contributed by atoms with van der Waals surface area (Å²) in [6, 6.07) is 17.5. The summed E-state index contributed by atoms with van der Waals surface area (Å²) in [6.45, 7) is 8.83. The van der Waals surface area contributed by atoms with Crippen molar-refractivity contribution in [2.45, 2.75) is 39.5 Å². The Bertz CT molecular complexity index is 843. The number of aliphatic imine (C=N–C) groups is 1. The first kappa shape index (κ1) is 23.0. The number of hydrogen-bond acceptors (Lipinski definition) is 3. The van der Waals surface area contributed by atoms with Crippen LogP contribution in [-0.2, 0) is 5.75 Å². The maximum atomic E-state index is 13.9. The smallest absolute Gasteiger partial charge is 0.157 e. The molecule has 2 nitrogen and oxygen atoms in total. The lowest BCUT2D eigenvalue weighted by atomic mass is 9.85. The predicted octanol–water partition coefficient (Wildman–Crippen LogP) is 6.92. The first-order valence-corrected chi connectivity index (χ1v) is 11.2. The van der Waals surface area contributed by atoms with Crippen molar-refractivity contribution in [1.29, 1.82) is 0 Å². The van der Waals surface area contributed by atoms with E-state index in [1.54, 1.807) is 17.8 Å². The van der Waals surface area contributed by atoms with Crippen LogP contribution in [0.2, 0.25) is 0 Å². The summed E-state index contributed by atoms with van der Waals surface area (Å²) in [4.78, 5) is 4.75. The summed E-state index contributed by atoms with van der Waals surface area (Å²) in [5.74, 6) is 0.672. The van der Waals surface area contributed by atoms with Crippen molar-refractivity contribution >= 4 is 16.9 Å². The van der Waals surface area contributed by atoms with Gasteiger partial charge in [0.1, 0.15) is 5.82 Å². The summed E-state index contributed by atoms with van der Waals surface area (Å²) in [7, 11) is 0. The number of nitrogens with one attached hydrogen (secondary N) is 1. The average Bonchev–Trinajstić information content (AvgIpc) is 2.79. The highest BCUT2D eigenvalue weighted by atomic mass is 32.2. The van der Waals surface area contributed by atoms with E-state index in [9.17, 15) is 4.39 Å². The van der Waals surface area contributed by atoms with E-state index in [0.717, 1.165) is 11.7 Å². The largest absolute Gasteiger partial charge is 0.357 e. The summed E-state index contributed by atoms with van der Waals surface area (Å²) in [6.07, 6.45) is 6.40. The molecule has 1 N–H and O–H groups in total. The summed E-state index contributed by atoms with van der Waals surface area (Å²) in [5.41, 5.74) is 3.22. The number of allylic oxidation sites excluding steroid dienone is 3. The molecular weight excluding hydrogens is 379 g/mol. The van der Waals surface area contributed by atoms with Gasteiger partial charge in [-0.1, -0.05) is 92.4 Å². The fourth-order valence-electron chi connectivity index (χ4n) is 3.32. The second-order valence-electron chi connectivity index (χ2n) is 6.45. The van der Waals surface area contributed by atoms with Gasteiger partial charge in [-0.15, -0.1) is 0 Å². The van der Waals surface area contributed by atoms with E-state index in [4.69, 9.17) is 4.99 Å². The number of nitrogens with zero attached hydrogens (tertiary/aromatic N) is 1. The Hall–Kier alpha value is -2.33. The number of hydrogen-bond donors (Lipinski definition) is 1. The van der Waals surface area contributed by atoms with Crippen LogP contribution in [0.1, 0.15) is 44.9 Å². The van der Waals surface area contributed by atoms with Crippen LogP contribution in [0.3, 0.4) is 0 Å². The molecule has 29 heavy (non-hydrogen) atoms. The van der Waals surface area contributed by atoms with Crippen LogP contribution in [0, 0.1) is 11.7 Å². The molecule has 1 heterocycles. The van der Waals surface area contributed by atoms with Gasteiger partial charge in [0, 0.05) is 11.7 Å². The highest BCUT2D eigenvalue weighted by molar-refractivity contribution is 8.13. The molecule has 2 atom stereocenters. The van der Waals surface area contributed by atoms with Gasteiger partial charge in [0.05, 0.1) is 12.6 Å². The lowest BCUT2D eigenvalue weighted by molar-refractivity contribution is 0.456. The summed E-state index contributed by atoms with van der Waals surface area (Å²) < 4.78 is 13.9. The maximum Gasteiger partial charge on any atom is 0.157 e. The Morgan fingerprint density at radius 2 is 1.79 bits per heavy atom. The Morgan fingerprint density at radius 1 is 1.10 bits per heavy atom. The van der Waals surface area contributed by atoms with Crippen molar-refractivity contribution in [3.63, 3.8) is 0 Å². The molecule has 2 aromatic carbocycles. The summed E-state index contributed by atoms with van der Waals surface area (Å²) >= 11 is 1.56. The molecule has 0 saturated carbocycles. The Kier molecular flexibility index (Phi) is 9.72. The molecule has 0 radical (unpaired) electrons. The topological polar surface area (TPSA) is 24.4 Å². The average molecular weight is 411 g/mol.